The highest BCUT2D eigenvalue weighted by Gasteiger charge is 2.10. The van der Waals surface area contributed by atoms with Crippen LogP contribution in [-0.4, -0.2) is 25.8 Å². The highest BCUT2D eigenvalue weighted by molar-refractivity contribution is 6.17. The molecule has 1 aromatic carbocycles. The van der Waals surface area contributed by atoms with Crippen LogP contribution in [0.2, 0.25) is 0 Å². The van der Waals surface area contributed by atoms with Crippen molar-refractivity contribution in [2.75, 3.05) is 5.88 Å². The fourth-order valence-electron chi connectivity index (χ4n) is 1.79. The first-order chi connectivity index (χ1) is 9.11. The van der Waals surface area contributed by atoms with Crippen LogP contribution in [0.25, 0.3) is 5.69 Å². The summed E-state index contributed by atoms with van der Waals surface area (Å²) in [5.74, 6) is 0.587. The van der Waals surface area contributed by atoms with Gasteiger partial charge in [-0.1, -0.05) is 5.21 Å². The van der Waals surface area contributed by atoms with Gasteiger partial charge in [0.15, 0.2) is 0 Å². The Morgan fingerprint density at radius 1 is 1.47 bits per heavy atom. The minimum atomic E-state index is -0.413. The molecular weight excluding hydrogens is 268 g/mol. The SMILES string of the molecule is Cc1cc([N+](=O)[O-])ccc1-n1cc(CCCCl)nn1. The van der Waals surface area contributed by atoms with Gasteiger partial charge in [-0.25, -0.2) is 4.68 Å². The lowest BCUT2D eigenvalue weighted by atomic mass is 10.2. The van der Waals surface area contributed by atoms with Crippen molar-refractivity contribution in [1.82, 2.24) is 15.0 Å². The van der Waals surface area contributed by atoms with Gasteiger partial charge in [-0.05, 0) is 31.4 Å². The minimum absolute atomic E-state index is 0.0729. The van der Waals surface area contributed by atoms with Crippen LogP contribution in [-0.2, 0) is 6.42 Å². The first kappa shape index (κ1) is 13.5. The van der Waals surface area contributed by atoms with E-state index in [1.165, 1.54) is 12.1 Å². The van der Waals surface area contributed by atoms with Gasteiger partial charge in [-0.3, -0.25) is 10.1 Å². The fraction of sp³-hybridized carbons (Fsp3) is 0.333. The number of halogens is 1. The molecule has 0 fully saturated rings. The van der Waals surface area contributed by atoms with E-state index in [2.05, 4.69) is 10.3 Å². The zero-order valence-corrected chi connectivity index (χ0v) is 11.2. The first-order valence-electron chi connectivity index (χ1n) is 5.84. The highest BCUT2D eigenvalue weighted by Crippen LogP contribution is 2.20. The predicted molar refractivity (Wildman–Crippen MR) is 71.8 cm³/mol. The van der Waals surface area contributed by atoms with Crippen LogP contribution in [0.1, 0.15) is 17.7 Å². The maximum atomic E-state index is 10.7. The van der Waals surface area contributed by atoms with Crippen molar-refractivity contribution >= 4 is 17.3 Å². The van der Waals surface area contributed by atoms with Crippen molar-refractivity contribution in [2.45, 2.75) is 19.8 Å². The number of aryl methyl sites for hydroxylation is 2. The third kappa shape index (κ3) is 3.08. The normalized spacial score (nSPS) is 10.6. The number of benzene rings is 1. The molecule has 2 aromatic rings. The molecule has 7 heteroatoms. The molecule has 2 rings (SSSR count). The topological polar surface area (TPSA) is 73.8 Å². The van der Waals surface area contributed by atoms with Crippen molar-refractivity contribution in [3.05, 3.63) is 45.8 Å². The molecule has 0 atom stereocenters. The minimum Gasteiger partial charge on any atom is -0.258 e. The molecule has 1 heterocycles. The molecule has 0 bridgehead atoms. The number of hydrogen-bond donors (Lipinski definition) is 0. The molecule has 0 N–H and O–H groups in total. The Labute approximate surface area is 115 Å². The monoisotopic (exact) mass is 280 g/mol. The van der Waals surface area contributed by atoms with E-state index < -0.39 is 4.92 Å². The molecule has 0 saturated carbocycles. The number of nitrogens with zero attached hydrogens (tertiary/aromatic N) is 4. The molecule has 0 aliphatic rings. The number of rotatable bonds is 5. The molecule has 19 heavy (non-hydrogen) atoms. The average molecular weight is 281 g/mol. The zero-order chi connectivity index (χ0) is 13.8. The zero-order valence-electron chi connectivity index (χ0n) is 10.4. The largest absolute Gasteiger partial charge is 0.269 e. The fourth-order valence-corrected chi connectivity index (χ4v) is 1.92. The summed E-state index contributed by atoms with van der Waals surface area (Å²) < 4.78 is 1.63. The number of aromatic nitrogens is 3. The molecule has 0 aliphatic carbocycles. The molecule has 0 saturated heterocycles. The summed E-state index contributed by atoms with van der Waals surface area (Å²) in [6, 6.07) is 4.66. The number of hydrogen-bond acceptors (Lipinski definition) is 4. The highest BCUT2D eigenvalue weighted by atomic mass is 35.5. The van der Waals surface area contributed by atoms with Crippen molar-refractivity contribution < 1.29 is 4.92 Å². The van der Waals surface area contributed by atoms with Gasteiger partial charge in [0.1, 0.15) is 0 Å². The first-order valence-corrected chi connectivity index (χ1v) is 6.38. The van der Waals surface area contributed by atoms with Crippen LogP contribution >= 0.6 is 11.6 Å². The Morgan fingerprint density at radius 2 is 2.26 bits per heavy atom. The second-order valence-corrected chi connectivity index (χ2v) is 4.55. The van der Waals surface area contributed by atoms with Crippen LogP contribution in [0.15, 0.2) is 24.4 Å². The standard InChI is InChI=1S/C12H13ClN4O2/c1-9-7-11(17(18)19)4-5-12(9)16-8-10(14-15-16)3-2-6-13/h4-5,7-8H,2-3,6H2,1H3. The van der Waals surface area contributed by atoms with Crippen molar-refractivity contribution in [1.29, 1.82) is 0 Å². The lowest BCUT2D eigenvalue weighted by Gasteiger charge is -2.04. The van der Waals surface area contributed by atoms with Gasteiger partial charge < -0.3 is 0 Å². The van der Waals surface area contributed by atoms with E-state index in [9.17, 15) is 10.1 Å². The second kappa shape index (κ2) is 5.79. The van der Waals surface area contributed by atoms with E-state index in [0.717, 1.165) is 29.8 Å². The van der Waals surface area contributed by atoms with Crippen molar-refractivity contribution in [3.8, 4) is 5.69 Å². The lowest BCUT2D eigenvalue weighted by Crippen LogP contribution is -1.99. The van der Waals surface area contributed by atoms with E-state index in [-0.39, 0.29) is 5.69 Å². The summed E-state index contributed by atoms with van der Waals surface area (Å²) in [5, 5.41) is 18.8. The van der Waals surface area contributed by atoms with Gasteiger partial charge >= 0.3 is 0 Å². The van der Waals surface area contributed by atoms with Crippen molar-refractivity contribution in [2.24, 2.45) is 0 Å². The quantitative estimate of drug-likeness (QED) is 0.479. The average Bonchev–Trinajstić information content (AvgIpc) is 2.84. The van der Waals surface area contributed by atoms with E-state index in [1.54, 1.807) is 10.7 Å². The molecule has 0 unspecified atom stereocenters. The molecule has 0 spiro atoms. The Balaban J connectivity index is 2.26. The lowest BCUT2D eigenvalue weighted by molar-refractivity contribution is -0.384. The Kier molecular flexibility index (Phi) is 4.11. The maximum absolute atomic E-state index is 10.7. The van der Waals surface area contributed by atoms with E-state index in [4.69, 9.17) is 11.6 Å². The smallest absolute Gasteiger partial charge is 0.258 e. The molecule has 1 aromatic heterocycles. The molecule has 6 nitrogen and oxygen atoms in total. The summed E-state index contributed by atoms with van der Waals surface area (Å²) in [7, 11) is 0. The number of nitro groups is 1. The third-order valence-electron chi connectivity index (χ3n) is 2.75. The van der Waals surface area contributed by atoms with Crippen LogP contribution < -0.4 is 0 Å². The molecule has 0 amide bonds. The number of non-ortho nitro benzene ring substituents is 1. The summed E-state index contributed by atoms with van der Waals surface area (Å²) in [6.07, 6.45) is 3.44. The van der Waals surface area contributed by atoms with Gasteiger partial charge in [-0.15, -0.1) is 16.7 Å². The van der Waals surface area contributed by atoms with Crippen LogP contribution in [0, 0.1) is 17.0 Å². The predicted octanol–water partition coefficient (Wildman–Crippen LogP) is 2.66. The Bertz CT molecular complexity index is 597. The number of alkyl halides is 1. The summed E-state index contributed by atoms with van der Waals surface area (Å²) in [4.78, 5) is 10.3. The van der Waals surface area contributed by atoms with Gasteiger partial charge in [0.05, 0.1) is 22.5 Å². The summed E-state index contributed by atoms with van der Waals surface area (Å²) in [6.45, 7) is 1.81. The van der Waals surface area contributed by atoms with Crippen LogP contribution in [0.3, 0.4) is 0 Å². The van der Waals surface area contributed by atoms with E-state index in [0.29, 0.717) is 5.88 Å². The molecule has 0 radical (unpaired) electrons. The Morgan fingerprint density at radius 3 is 2.89 bits per heavy atom. The van der Waals surface area contributed by atoms with E-state index in [1.807, 2.05) is 13.1 Å². The van der Waals surface area contributed by atoms with E-state index >= 15 is 0 Å². The maximum Gasteiger partial charge on any atom is 0.269 e. The van der Waals surface area contributed by atoms with Crippen LogP contribution in [0.5, 0.6) is 0 Å². The number of nitro benzene ring substituents is 1. The second-order valence-electron chi connectivity index (χ2n) is 4.17. The molecule has 100 valence electrons. The van der Waals surface area contributed by atoms with Crippen LogP contribution in [0.4, 0.5) is 5.69 Å². The van der Waals surface area contributed by atoms with Gasteiger partial charge in [0, 0.05) is 18.0 Å². The summed E-state index contributed by atoms with van der Waals surface area (Å²) in [5.41, 5.74) is 2.50. The van der Waals surface area contributed by atoms with Gasteiger partial charge in [0.25, 0.3) is 5.69 Å². The van der Waals surface area contributed by atoms with Gasteiger partial charge in [0.2, 0.25) is 0 Å². The Hall–Kier alpha value is -1.95. The summed E-state index contributed by atoms with van der Waals surface area (Å²) >= 11 is 5.63. The van der Waals surface area contributed by atoms with Gasteiger partial charge in [-0.2, -0.15) is 0 Å². The molecular formula is C12H13ClN4O2. The third-order valence-corrected chi connectivity index (χ3v) is 3.01. The van der Waals surface area contributed by atoms with Crippen molar-refractivity contribution in [3.63, 3.8) is 0 Å². The molecule has 0 aliphatic heterocycles.